The molecule has 0 radical (unpaired) electrons. The molecule has 0 spiro atoms. The van der Waals surface area contributed by atoms with E-state index in [1.807, 2.05) is 37.6 Å². The molecule has 1 aromatic heterocycles. The summed E-state index contributed by atoms with van der Waals surface area (Å²) in [6.45, 7) is 6.77. The number of carbonyl (C=O) groups is 2. The van der Waals surface area contributed by atoms with E-state index in [0.29, 0.717) is 13.1 Å². The molecule has 2 rings (SSSR count). The summed E-state index contributed by atoms with van der Waals surface area (Å²) >= 11 is 1.51. The number of hydrogen-bond donors (Lipinski definition) is 0. The SMILES string of the molecule is CN(C(=O)OC(C)(C)C)[C@H]1CCN(C(=O)c2ccsc2)C1. The number of likely N-dealkylation sites (N-methyl/N-ethyl adjacent to an activating group) is 1. The maximum Gasteiger partial charge on any atom is 0.410 e. The zero-order chi connectivity index (χ0) is 15.6. The van der Waals surface area contributed by atoms with E-state index >= 15 is 0 Å². The fourth-order valence-corrected chi connectivity index (χ4v) is 2.92. The Hall–Kier alpha value is -1.56. The second kappa shape index (κ2) is 6.05. The van der Waals surface area contributed by atoms with Gasteiger partial charge in [0.25, 0.3) is 5.91 Å². The summed E-state index contributed by atoms with van der Waals surface area (Å²) in [6.07, 6.45) is 0.448. The quantitative estimate of drug-likeness (QED) is 0.844. The molecule has 2 amide bonds. The lowest BCUT2D eigenvalue weighted by molar-refractivity contribution is 0.0226. The highest BCUT2D eigenvalue weighted by atomic mass is 32.1. The summed E-state index contributed by atoms with van der Waals surface area (Å²) in [4.78, 5) is 27.7. The maximum atomic E-state index is 12.3. The summed E-state index contributed by atoms with van der Waals surface area (Å²) in [5.41, 5.74) is 0.219. The zero-order valence-electron chi connectivity index (χ0n) is 13.0. The first-order valence-electron chi connectivity index (χ1n) is 7.05. The third-order valence-corrected chi connectivity index (χ3v) is 4.13. The van der Waals surface area contributed by atoms with Gasteiger partial charge in [0.15, 0.2) is 0 Å². The third kappa shape index (κ3) is 3.97. The van der Waals surface area contributed by atoms with Crippen LogP contribution in [0.1, 0.15) is 37.6 Å². The van der Waals surface area contributed by atoms with Gasteiger partial charge in [0.05, 0.1) is 11.6 Å². The van der Waals surface area contributed by atoms with Crippen molar-refractivity contribution in [2.75, 3.05) is 20.1 Å². The largest absolute Gasteiger partial charge is 0.444 e. The van der Waals surface area contributed by atoms with Crippen molar-refractivity contribution >= 4 is 23.3 Å². The highest BCUT2D eigenvalue weighted by Gasteiger charge is 2.33. The normalized spacial score (nSPS) is 18.7. The Morgan fingerprint density at radius 2 is 2.14 bits per heavy atom. The first kappa shape index (κ1) is 15.8. The Balaban J connectivity index is 1.93. The van der Waals surface area contributed by atoms with Gasteiger partial charge >= 0.3 is 6.09 Å². The van der Waals surface area contributed by atoms with Crippen molar-refractivity contribution in [1.29, 1.82) is 0 Å². The van der Waals surface area contributed by atoms with Crippen LogP contribution in [-0.4, -0.2) is 53.6 Å². The molecule has 1 saturated heterocycles. The van der Waals surface area contributed by atoms with Crippen LogP contribution >= 0.6 is 11.3 Å². The molecular weight excluding hydrogens is 288 g/mol. The summed E-state index contributed by atoms with van der Waals surface area (Å²) in [5.74, 6) is 0.0383. The predicted molar refractivity (Wildman–Crippen MR) is 82.6 cm³/mol. The number of hydrogen-bond acceptors (Lipinski definition) is 4. The number of carbonyl (C=O) groups excluding carboxylic acids is 2. The fourth-order valence-electron chi connectivity index (χ4n) is 2.29. The Morgan fingerprint density at radius 1 is 1.43 bits per heavy atom. The molecule has 1 aromatic rings. The second-order valence-electron chi connectivity index (χ2n) is 6.30. The minimum absolute atomic E-state index is 0.0161. The number of thiophene rings is 1. The molecule has 0 aliphatic carbocycles. The van der Waals surface area contributed by atoms with E-state index in [-0.39, 0.29) is 18.0 Å². The predicted octanol–water partition coefficient (Wildman–Crippen LogP) is 2.83. The lowest BCUT2D eigenvalue weighted by Crippen LogP contribution is -2.42. The van der Waals surface area contributed by atoms with Crippen LogP contribution in [0.3, 0.4) is 0 Å². The Morgan fingerprint density at radius 3 is 2.71 bits per heavy atom. The molecule has 2 heterocycles. The molecule has 0 bridgehead atoms. The molecule has 21 heavy (non-hydrogen) atoms. The molecule has 1 aliphatic rings. The molecule has 5 nitrogen and oxygen atoms in total. The van der Waals surface area contributed by atoms with Gasteiger partial charge in [0, 0.05) is 25.5 Å². The van der Waals surface area contributed by atoms with Gasteiger partial charge < -0.3 is 14.5 Å². The standard InChI is InChI=1S/C15H22N2O3S/c1-15(2,3)20-14(19)16(4)12-5-7-17(9-12)13(18)11-6-8-21-10-11/h6,8,10,12H,5,7,9H2,1-4H3/t12-/m0/s1. The van der Waals surface area contributed by atoms with Crippen molar-refractivity contribution in [1.82, 2.24) is 9.80 Å². The van der Waals surface area contributed by atoms with Crippen molar-refractivity contribution in [2.45, 2.75) is 38.8 Å². The van der Waals surface area contributed by atoms with Crippen LogP contribution in [0.2, 0.25) is 0 Å². The van der Waals surface area contributed by atoms with E-state index < -0.39 is 5.60 Å². The maximum absolute atomic E-state index is 12.3. The van der Waals surface area contributed by atoms with E-state index in [4.69, 9.17) is 4.74 Å². The lowest BCUT2D eigenvalue weighted by Gasteiger charge is -2.28. The van der Waals surface area contributed by atoms with Crippen LogP contribution in [0.25, 0.3) is 0 Å². The average Bonchev–Trinajstić information content (AvgIpc) is 3.06. The summed E-state index contributed by atoms with van der Waals surface area (Å²) in [5, 5.41) is 3.75. The van der Waals surface area contributed by atoms with Gasteiger partial charge in [-0.15, -0.1) is 0 Å². The van der Waals surface area contributed by atoms with Gasteiger partial charge in [-0.2, -0.15) is 11.3 Å². The Labute approximate surface area is 129 Å². The highest BCUT2D eigenvalue weighted by molar-refractivity contribution is 7.08. The van der Waals surface area contributed by atoms with Crippen LogP contribution in [0.5, 0.6) is 0 Å². The Bertz CT molecular complexity index is 507. The molecular formula is C15H22N2O3S. The van der Waals surface area contributed by atoms with Crippen molar-refractivity contribution in [3.63, 3.8) is 0 Å². The average molecular weight is 310 g/mol. The minimum Gasteiger partial charge on any atom is -0.444 e. The fraction of sp³-hybridized carbons (Fsp3) is 0.600. The number of likely N-dealkylation sites (tertiary alicyclic amines) is 1. The second-order valence-corrected chi connectivity index (χ2v) is 7.08. The van der Waals surface area contributed by atoms with Gasteiger partial charge in [-0.1, -0.05) is 0 Å². The summed E-state index contributed by atoms with van der Waals surface area (Å²) < 4.78 is 5.37. The zero-order valence-corrected chi connectivity index (χ0v) is 13.8. The van der Waals surface area contributed by atoms with Gasteiger partial charge in [-0.05, 0) is 38.6 Å². The number of rotatable bonds is 2. The molecule has 116 valence electrons. The molecule has 0 unspecified atom stereocenters. The molecule has 1 atom stereocenters. The van der Waals surface area contributed by atoms with E-state index in [0.717, 1.165) is 12.0 Å². The molecule has 1 fully saturated rings. The van der Waals surface area contributed by atoms with Crippen molar-refractivity contribution in [2.24, 2.45) is 0 Å². The lowest BCUT2D eigenvalue weighted by atomic mass is 10.2. The van der Waals surface area contributed by atoms with Gasteiger partial charge in [-0.3, -0.25) is 4.79 Å². The number of nitrogens with zero attached hydrogens (tertiary/aromatic N) is 2. The van der Waals surface area contributed by atoms with Crippen LogP contribution in [0.4, 0.5) is 4.79 Å². The van der Waals surface area contributed by atoms with Crippen LogP contribution < -0.4 is 0 Å². The number of amides is 2. The Kier molecular flexibility index (Phi) is 4.56. The first-order chi connectivity index (χ1) is 9.78. The van der Waals surface area contributed by atoms with Gasteiger partial charge in [0.2, 0.25) is 0 Å². The van der Waals surface area contributed by atoms with E-state index in [2.05, 4.69) is 0 Å². The van der Waals surface area contributed by atoms with Crippen molar-refractivity contribution in [3.05, 3.63) is 22.4 Å². The van der Waals surface area contributed by atoms with Gasteiger partial charge in [-0.25, -0.2) is 4.79 Å². The van der Waals surface area contributed by atoms with Gasteiger partial charge in [0.1, 0.15) is 5.60 Å². The third-order valence-electron chi connectivity index (χ3n) is 3.45. The van der Waals surface area contributed by atoms with Crippen molar-refractivity contribution in [3.8, 4) is 0 Å². The molecule has 0 saturated carbocycles. The highest BCUT2D eigenvalue weighted by Crippen LogP contribution is 2.20. The summed E-state index contributed by atoms with van der Waals surface area (Å²) in [7, 11) is 1.73. The first-order valence-corrected chi connectivity index (χ1v) is 7.99. The molecule has 1 aliphatic heterocycles. The number of ether oxygens (including phenoxy) is 1. The van der Waals surface area contributed by atoms with E-state index in [1.165, 1.54) is 11.3 Å². The summed E-state index contributed by atoms with van der Waals surface area (Å²) in [6, 6.07) is 1.85. The molecule has 0 N–H and O–H groups in total. The molecule has 6 heteroatoms. The van der Waals surface area contributed by atoms with Crippen LogP contribution in [0, 0.1) is 0 Å². The molecule has 0 aromatic carbocycles. The van der Waals surface area contributed by atoms with E-state index in [9.17, 15) is 9.59 Å². The van der Waals surface area contributed by atoms with Crippen LogP contribution in [-0.2, 0) is 4.74 Å². The smallest absolute Gasteiger partial charge is 0.410 e. The van der Waals surface area contributed by atoms with Crippen molar-refractivity contribution < 1.29 is 14.3 Å². The van der Waals surface area contributed by atoms with Crippen LogP contribution in [0.15, 0.2) is 16.8 Å². The van der Waals surface area contributed by atoms with E-state index in [1.54, 1.807) is 16.8 Å². The minimum atomic E-state index is -0.504. The monoisotopic (exact) mass is 310 g/mol. The topological polar surface area (TPSA) is 49.9 Å².